The number of hydrogen-bond donors (Lipinski definition) is 1. The maximum atomic E-state index is 13.9. The summed E-state index contributed by atoms with van der Waals surface area (Å²) in [5.74, 6) is -1.26. The summed E-state index contributed by atoms with van der Waals surface area (Å²) >= 11 is 3.20. The summed E-state index contributed by atoms with van der Waals surface area (Å²) in [6, 6.07) is 1.98. The number of carbonyl (C=O) groups excluding carboxylic acids is 1. The number of aliphatic hydroxyl groups excluding tert-OH is 1. The van der Waals surface area contributed by atoms with Crippen LogP contribution in [0.2, 0.25) is 0 Å². The Bertz CT molecular complexity index is 831. The standard InChI is InChI=1S/C17H19BrFNO4/c1-4-24-17(23)11-7-20(14(8-21)9(2)3)13-6-10(19)5-12(18)15(13)16(11)22/h5-7,9,14,21H,4,8H2,1-3H3/t14-/m1/s1. The fraction of sp³-hybridized carbons (Fsp3) is 0.412. The highest BCUT2D eigenvalue weighted by molar-refractivity contribution is 9.10. The monoisotopic (exact) mass is 399 g/mol. The Morgan fingerprint density at radius 3 is 2.62 bits per heavy atom. The van der Waals surface area contributed by atoms with Crippen molar-refractivity contribution in [3.05, 3.63) is 44.4 Å². The van der Waals surface area contributed by atoms with Gasteiger partial charge in [0.15, 0.2) is 0 Å². The number of halogens is 2. The largest absolute Gasteiger partial charge is 0.462 e. The van der Waals surface area contributed by atoms with Crippen LogP contribution in [0.4, 0.5) is 4.39 Å². The van der Waals surface area contributed by atoms with Crippen molar-refractivity contribution in [2.75, 3.05) is 13.2 Å². The van der Waals surface area contributed by atoms with Gasteiger partial charge in [0, 0.05) is 10.7 Å². The molecule has 1 heterocycles. The maximum Gasteiger partial charge on any atom is 0.343 e. The third-order valence-electron chi connectivity index (χ3n) is 3.86. The molecule has 0 bridgehead atoms. The van der Waals surface area contributed by atoms with Gasteiger partial charge in [-0.2, -0.15) is 0 Å². The van der Waals surface area contributed by atoms with Gasteiger partial charge in [-0.1, -0.05) is 13.8 Å². The Morgan fingerprint density at radius 2 is 2.08 bits per heavy atom. The molecule has 0 saturated carbocycles. The third-order valence-corrected chi connectivity index (χ3v) is 4.49. The third kappa shape index (κ3) is 3.37. The molecule has 0 spiro atoms. The van der Waals surface area contributed by atoms with E-state index in [2.05, 4.69) is 15.9 Å². The lowest BCUT2D eigenvalue weighted by Gasteiger charge is -2.25. The summed E-state index contributed by atoms with van der Waals surface area (Å²) in [7, 11) is 0. The average molecular weight is 400 g/mol. The number of hydrogen-bond acceptors (Lipinski definition) is 4. The number of benzene rings is 1. The Kier molecular flexibility index (Phi) is 5.77. The van der Waals surface area contributed by atoms with Crippen molar-refractivity contribution >= 4 is 32.8 Å². The zero-order valence-electron chi connectivity index (χ0n) is 13.7. The first kappa shape index (κ1) is 18.6. The number of pyridine rings is 1. The number of aromatic nitrogens is 1. The van der Waals surface area contributed by atoms with Crippen LogP contribution in [-0.4, -0.2) is 28.9 Å². The van der Waals surface area contributed by atoms with E-state index in [1.54, 1.807) is 11.5 Å². The molecule has 2 aromatic rings. The van der Waals surface area contributed by atoms with Crippen molar-refractivity contribution in [1.82, 2.24) is 4.57 Å². The van der Waals surface area contributed by atoms with Crippen molar-refractivity contribution < 1.29 is 19.0 Å². The van der Waals surface area contributed by atoms with Gasteiger partial charge in [-0.15, -0.1) is 0 Å². The lowest BCUT2D eigenvalue weighted by atomic mass is 10.0. The number of carbonyl (C=O) groups is 1. The normalized spacial score (nSPS) is 12.6. The summed E-state index contributed by atoms with van der Waals surface area (Å²) < 4.78 is 20.6. The summed E-state index contributed by atoms with van der Waals surface area (Å²) in [5.41, 5.74) is -0.365. The van der Waals surface area contributed by atoms with Crippen LogP contribution in [-0.2, 0) is 4.74 Å². The first-order chi connectivity index (χ1) is 11.3. The zero-order valence-corrected chi connectivity index (χ0v) is 15.3. The van der Waals surface area contributed by atoms with E-state index in [4.69, 9.17) is 4.74 Å². The molecule has 0 aliphatic heterocycles. The number of fused-ring (bicyclic) bond motifs is 1. The molecule has 130 valence electrons. The van der Waals surface area contributed by atoms with Gasteiger partial charge >= 0.3 is 5.97 Å². The SMILES string of the molecule is CCOC(=O)c1cn([C@H](CO)C(C)C)c2cc(F)cc(Br)c2c1=O. The number of ether oxygens (including phenoxy) is 1. The lowest BCUT2D eigenvalue weighted by molar-refractivity contribution is 0.0523. The predicted octanol–water partition coefficient (Wildman–Crippen LogP) is 3.27. The Hall–Kier alpha value is -1.73. The number of esters is 1. The smallest absolute Gasteiger partial charge is 0.343 e. The van der Waals surface area contributed by atoms with Crippen molar-refractivity contribution in [1.29, 1.82) is 0 Å². The average Bonchev–Trinajstić information content (AvgIpc) is 2.49. The van der Waals surface area contributed by atoms with Gasteiger partial charge in [0.1, 0.15) is 11.4 Å². The summed E-state index contributed by atoms with van der Waals surface area (Å²) in [5, 5.41) is 9.91. The molecule has 1 aromatic carbocycles. The van der Waals surface area contributed by atoms with Crippen molar-refractivity contribution in [3.8, 4) is 0 Å². The first-order valence-electron chi connectivity index (χ1n) is 7.63. The lowest BCUT2D eigenvalue weighted by Crippen LogP contribution is -2.26. The van der Waals surface area contributed by atoms with Crippen LogP contribution < -0.4 is 5.43 Å². The molecule has 0 aliphatic carbocycles. The van der Waals surface area contributed by atoms with Crippen LogP contribution in [0.25, 0.3) is 10.9 Å². The minimum atomic E-state index is -0.741. The maximum absolute atomic E-state index is 13.9. The van der Waals surface area contributed by atoms with Crippen LogP contribution in [0, 0.1) is 11.7 Å². The summed E-state index contributed by atoms with van der Waals surface area (Å²) in [6.45, 7) is 5.35. The van der Waals surface area contributed by atoms with E-state index in [0.717, 1.165) is 0 Å². The molecule has 1 N–H and O–H groups in total. The summed E-state index contributed by atoms with van der Waals surface area (Å²) in [4.78, 5) is 24.8. The number of aliphatic hydroxyl groups is 1. The molecule has 0 radical (unpaired) electrons. The molecule has 1 atom stereocenters. The minimum Gasteiger partial charge on any atom is -0.462 e. The topological polar surface area (TPSA) is 68.5 Å². The first-order valence-corrected chi connectivity index (χ1v) is 8.43. The van der Waals surface area contributed by atoms with E-state index in [9.17, 15) is 19.1 Å². The van der Waals surface area contributed by atoms with Crippen LogP contribution >= 0.6 is 15.9 Å². The van der Waals surface area contributed by atoms with Crippen molar-refractivity contribution in [2.45, 2.75) is 26.8 Å². The van der Waals surface area contributed by atoms with Crippen LogP contribution in [0.15, 0.2) is 27.6 Å². The van der Waals surface area contributed by atoms with Gasteiger partial charge in [0.05, 0.1) is 30.2 Å². The minimum absolute atomic E-state index is 0.00205. The molecule has 0 aliphatic rings. The summed E-state index contributed by atoms with van der Waals surface area (Å²) in [6.07, 6.45) is 1.34. The van der Waals surface area contributed by atoms with Crippen molar-refractivity contribution in [2.24, 2.45) is 5.92 Å². The molecule has 7 heteroatoms. The van der Waals surface area contributed by atoms with E-state index in [-0.39, 0.29) is 34.6 Å². The molecule has 24 heavy (non-hydrogen) atoms. The van der Waals surface area contributed by atoms with Gasteiger partial charge in [-0.25, -0.2) is 9.18 Å². The van der Waals surface area contributed by atoms with Gasteiger partial charge in [-0.05, 0) is 40.9 Å². The molecule has 1 aromatic heterocycles. The number of rotatable bonds is 5. The fourth-order valence-corrected chi connectivity index (χ4v) is 3.24. The van der Waals surface area contributed by atoms with Crippen molar-refractivity contribution in [3.63, 3.8) is 0 Å². The second kappa shape index (κ2) is 7.44. The number of nitrogens with zero attached hydrogens (tertiary/aromatic N) is 1. The van der Waals surface area contributed by atoms with E-state index < -0.39 is 23.3 Å². The van der Waals surface area contributed by atoms with E-state index in [1.807, 2.05) is 13.8 Å². The Balaban J connectivity index is 2.91. The van der Waals surface area contributed by atoms with Gasteiger partial charge in [-0.3, -0.25) is 4.79 Å². The van der Waals surface area contributed by atoms with E-state index in [0.29, 0.717) is 5.52 Å². The van der Waals surface area contributed by atoms with Gasteiger partial charge in [0.2, 0.25) is 5.43 Å². The fourth-order valence-electron chi connectivity index (χ4n) is 2.64. The molecule has 0 amide bonds. The molecular weight excluding hydrogens is 381 g/mol. The molecule has 0 fully saturated rings. The highest BCUT2D eigenvalue weighted by Gasteiger charge is 2.23. The molecule has 5 nitrogen and oxygen atoms in total. The second-order valence-corrected chi connectivity index (χ2v) is 6.63. The quantitative estimate of drug-likeness (QED) is 0.783. The van der Waals surface area contributed by atoms with E-state index in [1.165, 1.54) is 18.3 Å². The molecule has 0 unspecified atom stereocenters. The van der Waals surface area contributed by atoms with Gasteiger partial charge in [0.25, 0.3) is 0 Å². The van der Waals surface area contributed by atoms with Gasteiger partial charge < -0.3 is 14.4 Å². The van der Waals surface area contributed by atoms with Crippen LogP contribution in [0.5, 0.6) is 0 Å². The second-order valence-electron chi connectivity index (χ2n) is 5.78. The molecule has 0 saturated heterocycles. The molecular formula is C17H19BrFNO4. The highest BCUT2D eigenvalue weighted by Crippen LogP contribution is 2.28. The van der Waals surface area contributed by atoms with Crippen LogP contribution in [0.1, 0.15) is 37.2 Å². The zero-order chi connectivity index (χ0) is 18.0. The van der Waals surface area contributed by atoms with E-state index >= 15 is 0 Å². The predicted molar refractivity (Wildman–Crippen MR) is 92.8 cm³/mol. The Morgan fingerprint density at radius 1 is 1.42 bits per heavy atom. The Labute approximate surface area is 147 Å². The highest BCUT2D eigenvalue weighted by atomic mass is 79.9. The van der Waals surface area contributed by atoms with Crippen LogP contribution in [0.3, 0.4) is 0 Å². The molecule has 2 rings (SSSR count).